The number of aryl methyl sites for hydroxylation is 1. The van der Waals surface area contributed by atoms with Crippen molar-refractivity contribution in [1.29, 1.82) is 0 Å². The monoisotopic (exact) mass is 644 g/mol. The molecule has 2 saturated heterocycles. The molecule has 4 aromatic rings. The Labute approximate surface area is 274 Å². The van der Waals surface area contributed by atoms with Gasteiger partial charge in [0.05, 0.1) is 10.5 Å². The van der Waals surface area contributed by atoms with Crippen LogP contribution in [0.1, 0.15) is 44.4 Å². The second kappa shape index (κ2) is 11.8. The van der Waals surface area contributed by atoms with Gasteiger partial charge in [0.1, 0.15) is 11.3 Å². The molecular weight excluding hydrogens is 603 g/mol. The maximum absolute atomic E-state index is 17.3. The van der Waals surface area contributed by atoms with Gasteiger partial charge in [0.2, 0.25) is 11.9 Å². The zero-order valence-electron chi connectivity index (χ0n) is 27.3. The highest BCUT2D eigenvalue weighted by Crippen LogP contribution is 2.44. The van der Waals surface area contributed by atoms with Crippen molar-refractivity contribution >= 4 is 51.1 Å². The van der Waals surface area contributed by atoms with Crippen molar-refractivity contribution in [2.75, 3.05) is 50.1 Å². The van der Waals surface area contributed by atoms with Crippen molar-refractivity contribution in [2.24, 2.45) is 5.92 Å². The molecule has 3 fully saturated rings. The number of aromatic nitrogens is 4. The summed E-state index contributed by atoms with van der Waals surface area (Å²) >= 11 is 7.11. The highest BCUT2D eigenvalue weighted by Gasteiger charge is 2.36. The standard InChI is InChI=1S/C35H42ClFN8O/c1-7-28(46)44-15-21(4)45(16-20(44)3)34-24-14-25(36)30(32(37)33(24)38-35(39-34)43-17-23(18-43)42(5)6)29-19(2)11-12-26-31(29)27(41-40-26)13-22-9-8-10-22/h7,11-12,14,20-23H,1,8-10,13,15-18H2,2-6H3,(H,40,41)/t20-,21+/m1/s1. The van der Waals surface area contributed by atoms with Crippen molar-refractivity contribution in [3.63, 3.8) is 0 Å². The number of hydrogen-bond donors (Lipinski definition) is 1. The maximum atomic E-state index is 17.3. The molecule has 0 radical (unpaired) electrons. The average Bonchev–Trinajstić information content (AvgIpc) is 3.38. The molecule has 11 heteroatoms. The van der Waals surface area contributed by atoms with Crippen LogP contribution in [0.25, 0.3) is 32.9 Å². The summed E-state index contributed by atoms with van der Waals surface area (Å²) in [6.07, 6.45) is 5.90. The molecule has 1 aliphatic carbocycles. The van der Waals surface area contributed by atoms with Crippen LogP contribution in [-0.2, 0) is 11.2 Å². The van der Waals surface area contributed by atoms with Crippen LogP contribution in [0.3, 0.4) is 0 Å². The maximum Gasteiger partial charge on any atom is 0.246 e. The fourth-order valence-corrected chi connectivity index (χ4v) is 7.57. The smallest absolute Gasteiger partial charge is 0.246 e. The molecular formula is C35H42ClFN8O. The molecule has 3 aliphatic rings. The number of carbonyl (C=O) groups excluding carboxylic acids is 1. The predicted octanol–water partition coefficient (Wildman–Crippen LogP) is 5.98. The van der Waals surface area contributed by atoms with Gasteiger partial charge in [0, 0.05) is 71.9 Å². The number of H-pyrrole nitrogens is 1. The van der Waals surface area contributed by atoms with Crippen molar-refractivity contribution < 1.29 is 9.18 Å². The Balaban J connectivity index is 1.40. The molecule has 2 aromatic carbocycles. The highest BCUT2D eigenvalue weighted by molar-refractivity contribution is 6.35. The van der Waals surface area contributed by atoms with Crippen LogP contribution in [0.15, 0.2) is 30.9 Å². The topological polar surface area (TPSA) is 84.5 Å². The summed E-state index contributed by atoms with van der Waals surface area (Å²) in [7, 11) is 4.13. The molecule has 2 aromatic heterocycles. The van der Waals surface area contributed by atoms with Crippen molar-refractivity contribution in [1.82, 2.24) is 30.0 Å². The van der Waals surface area contributed by atoms with E-state index in [0.717, 1.165) is 47.2 Å². The number of nitrogens with one attached hydrogen (secondary N) is 1. The summed E-state index contributed by atoms with van der Waals surface area (Å²) in [5.41, 5.74) is 4.13. The van der Waals surface area contributed by atoms with Crippen LogP contribution in [0.5, 0.6) is 0 Å². The van der Waals surface area contributed by atoms with E-state index in [0.29, 0.717) is 52.8 Å². The first-order valence-electron chi connectivity index (χ1n) is 16.3. The molecule has 242 valence electrons. The van der Waals surface area contributed by atoms with E-state index in [2.05, 4.69) is 52.5 Å². The van der Waals surface area contributed by atoms with E-state index < -0.39 is 5.82 Å². The Kier molecular flexibility index (Phi) is 7.92. The van der Waals surface area contributed by atoms with Gasteiger partial charge in [-0.15, -0.1) is 0 Å². The van der Waals surface area contributed by atoms with Crippen LogP contribution in [0.2, 0.25) is 5.02 Å². The van der Waals surface area contributed by atoms with Gasteiger partial charge in [-0.3, -0.25) is 9.89 Å². The Bertz CT molecular complexity index is 1850. The molecule has 7 rings (SSSR count). The zero-order chi connectivity index (χ0) is 32.4. The van der Waals surface area contributed by atoms with E-state index in [-0.39, 0.29) is 23.5 Å². The van der Waals surface area contributed by atoms with Crippen LogP contribution in [0, 0.1) is 18.7 Å². The Morgan fingerprint density at radius 2 is 1.89 bits per heavy atom. The number of nitrogens with zero attached hydrogens (tertiary/aromatic N) is 7. The summed E-state index contributed by atoms with van der Waals surface area (Å²) in [5, 5.41) is 9.68. The molecule has 9 nitrogen and oxygen atoms in total. The van der Waals surface area contributed by atoms with Gasteiger partial charge in [-0.05, 0) is 71.0 Å². The fourth-order valence-electron chi connectivity index (χ4n) is 7.28. The number of benzene rings is 2. The minimum absolute atomic E-state index is 0.0746. The predicted molar refractivity (Wildman–Crippen MR) is 183 cm³/mol. The number of amides is 1. The Hall–Kier alpha value is -3.76. The number of rotatable bonds is 7. The number of fused-ring (bicyclic) bond motifs is 2. The number of aromatic amines is 1. The minimum Gasteiger partial charge on any atom is -0.349 e. The van der Waals surface area contributed by atoms with Crippen LogP contribution in [0.4, 0.5) is 16.2 Å². The van der Waals surface area contributed by atoms with E-state index >= 15 is 4.39 Å². The number of anilines is 2. The van der Waals surface area contributed by atoms with Gasteiger partial charge in [-0.2, -0.15) is 10.1 Å². The number of likely N-dealkylation sites (N-methyl/N-ethyl adjacent to an activating group) is 1. The average molecular weight is 645 g/mol. The van der Waals surface area contributed by atoms with Gasteiger partial charge in [0.15, 0.2) is 5.82 Å². The molecule has 1 N–H and O–H groups in total. The lowest BCUT2D eigenvalue weighted by molar-refractivity contribution is -0.128. The first-order valence-corrected chi connectivity index (χ1v) is 16.7. The lowest BCUT2D eigenvalue weighted by Crippen LogP contribution is -2.59. The SMILES string of the molecule is C=CC(=O)N1C[C@H](C)N(c2nc(N3CC(N(C)C)C3)nc3c(F)c(-c4c(C)ccc5n[nH]c(CC6CCC6)c45)c(Cl)cc23)C[C@H]1C. The third kappa shape index (κ3) is 5.10. The van der Waals surface area contributed by atoms with Gasteiger partial charge in [-0.1, -0.05) is 43.5 Å². The number of halogens is 2. The van der Waals surface area contributed by atoms with E-state index in [1.54, 1.807) is 0 Å². The van der Waals surface area contributed by atoms with Gasteiger partial charge < -0.3 is 19.6 Å². The Morgan fingerprint density at radius 3 is 2.57 bits per heavy atom. The third-order valence-corrected chi connectivity index (χ3v) is 10.7. The summed E-state index contributed by atoms with van der Waals surface area (Å²) in [4.78, 5) is 30.9. The summed E-state index contributed by atoms with van der Waals surface area (Å²) in [6.45, 7) is 12.3. The van der Waals surface area contributed by atoms with E-state index in [4.69, 9.17) is 21.6 Å². The number of hydrogen-bond acceptors (Lipinski definition) is 7. The fraction of sp³-hybridized carbons (Fsp3) is 0.486. The molecule has 4 heterocycles. The van der Waals surface area contributed by atoms with E-state index in [1.807, 2.05) is 36.9 Å². The van der Waals surface area contributed by atoms with Crippen LogP contribution >= 0.6 is 11.6 Å². The van der Waals surface area contributed by atoms with Crippen molar-refractivity contribution in [3.8, 4) is 11.1 Å². The molecule has 0 bridgehead atoms. The summed E-state index contributed by atoms with van der Waals surface area (Å²) < 4.78 is 17.3. The van der Waals surface area contributed by atoms with Gasteiger partial charge >= 0.3 is 0 Å². The molecule has 1 amide bonds. The highest BCUT2D eigenvalue weighted by atomic mass is 35.5. The van der Waals surface area contributed by atoms with Crippen molar-refractivity contribution in [2.45, 2.75) is 64.6 Å². The zero-order valence-corrected chi connectivity index (χ0v) is 28.0. The minimum atomic E-state index is -0.454. The Morgan fingerprint density at radius 1 is 1.13 bits per heavy atom. The summed E-state index contributed by atoms with van der Waals surface area (Å²) in [6, 6.07) is 6.01. The first-order chi connectivity index (χ1) is 22.0. The number of piperazine rings is 1. The first kappa shape index (κ1) is 30.9. The van der Waals surface area contributed by atoms with Crippen molar-refractivity contribution in [3.05, 3.63) is 53.0 Å². The lowest BCUT2D eigenvalue weighted by Gasteiger charge is -2.45. The quantitative estimate of drug-likeness (QED) is 0.248. The van der Waals surface area contributed by atoms with Crippen LogP contribution < -0.4 is 9.80 Å². The largest absolute Gasteiger partial charge is 0.349 e. The molecule has 0 unspecified atom stereocenters. The van der Waals surface area contributed by atoms with E-state index in [9.17, 15) is 4.79 Å². The normalized spacial score (nSPS) is 20.9. The third-order valence-electron chi connectivity index (χ3n) is 10.4. The second-order valence-electron chi connectivity index (χ2n) is 13.7. The molecule has 0 spiro atoms. The lowest BCUT2D eigenvalue weighted by atomic mass is 9.81. The molecule has 46 heavy (non-hydrogen) atoms. The molecule has 1 saturated carbocycles. The van der Waals surface area contributed by atoms with Gasteiger partial charge in [0.25, 0.3) is 0 Å². The van der Waals surface area contributed by atoms with Crippen LogP contribution in [-0.4, -0.2) is 94.3 Å². The van der Waals surface area contributed by atoms with E-state index in [1.165, 1.54) is 25.3 Å². The second-order valence-corrected chi connectivity index (χ2v) is 14.1. The summed E-state index contributed by atoms with van der Waals surface area (Å²) in [5.74, 6) is 1.20. The van der Waals surface area contributed by atoms with Gasteiger partial charge in [-0.25, -0.2) is 9.37 Å². The number of carbonyl (C=O) groups is 1. The molecule has 2 atom stereocenters. The molecule has 2 aliphatic heterocycles.